The van der Waals surface area contributed by atoms with Gasteiger partial charge in [-0.25, -0.2) is 0 Å². The minimum atomic E-state index is -1.72. The Bertz CT molecular complexity index is 1140. The number of benzene rings is 2. The lowest BCUT2D eigenvalue weighted by Crippen LogP contribution is -2.58. The largest absolute Gasteiger partial charge is 0.497 e. The number of likely N-dealkylation sites (N-methyl/N-ethyl adjacent to an activating group) is 2. The van der Waals surface area contributed by atoms with Crippen LogP contribution in [0.15, 0.2) is 54.3 Å². The van der Waals surface area contributed by atoms with Crippen molar-refractivity contribution >= 4 is 29.5 Å². The monoisotopic (exact) mass is 390 g/mol. The van der Waals surface area contributed by atoms with Crippen molar-refractivity contribution in [1.82, 2.24) is 0 Å². The van der Waals surface area contributed by atoms with Gasteiger partial charge >= 0.3 is 0 Å². The summed E-state index contributed by atoms with van der Waals surface area (Å²) in [6.07, 6.45) is 1.86. The first-order chi connectivity index (χ1) is 13.9. The molecule has 2 aromatic rings. The molecular formula is C22H18N2O5. The van der Waals surface area contributed by atoms with Crippen LogP contribution in [0, 0.1) is 0 Å². The molecule has 0 saturated carbocycles. The molecule has 0 aromatic heterocycles. The van der Waals surface area contributed by atoms with Crippen LogP contribution in [0.3, 0.4) is 0 Å². The molecule has 3 aliphatic heterocycles. The van der Waals surface area contributed by atoms with E-state index in [2.05, 4.69) is 0 Å². The summed E-state index contributed by atoms with van der Waals surface area (Å²) in [7, 11) is 4.80. The van der Waals surface area contributed by atoms with E-state index in [0.717, 1.165) is 0 Å². The zero-order valence-electron chi connectivity index (χ0n) is 16.1. The molecule has 2 aromatic carbocycles. The fourth-order valence-corrected chi connectivity index (χ4v) is 4.98. The Kier molecular flexibility index (Phi) is 3.30. The van der Waals surface area contributed by atoms with E-state index in [0.29, 0.717) is 34.5 Å². The van der Waals surface area contributed by atoms with Crippen LogP contribution in [-0.2, 0) is 30.1 Å². The molecule has 0 radical (unpaired) electrons. The Morgan fingerprint density at radius 1 is 0.966 bits per heavy atom. The molecule has 0 bridgehead atoms. The van der Waals surface area contributed by atoms with E-state index in [9.17, 15) is 14.4 Å². The van der Waals surface area contributed by atoms with Crippen molar-refractivity contribution in [3.63, 3.8) is 0 Å². The Hall–Kier alpha value is -3.61. The number of anilines is 2. The van der Waals surface area contributed by atoms with Gasteiger partial charge in [0.25, 0.3) is 5.91 Å². The SMILES string of the molecule is COc1ccc2c(c1)C1(OC=C(C=O)C13C(=O)N(C)c1ccccc13)C(=O)N2C. The lowest BCUT2D eigenvalue weighted by molar-refractivity contribution is -0.147. The number of aldehydes is 1. The number of methoxy groups -OCH3 is 1. The highest BCUT2D eigenvalue weighted by atomic mass is 16.5. The molecule has 3 aliphatic rings. The molecule has 7 nitrogen and oxygen atoms in total. The van der Waals surface area contributed by atoms with Crippen molar-refractivity contribution in [1.29, 1.82) is 0 Å². The highest BCUT2D eigenvalue weighted by Gasteiger charge is 2.76. The summed E-state index contributed by atoms with van der Waals surface area (Å²) in [6, 6.07) is 12.4. The zero-order valence-corrected chi connectivity index (χ0v) is 16.1. The molecule has 0 N–H and O–H groups in total. The standard InChI is InChI=1S/C22H18N2O5/c1-23-17-7-5-4-6-15(17)21(19(23)26)13(11-25)12-29-22(21)16-10-14(28-3)8-9-18(16)24(2)20(22)27/h4-12H,1-3H3. The van der Waals surface area contributed by atoms with Crippen LogP contribution in [0.5, 0.6) is 5.75 Å². The number of nitrogens with zero attached hydrogens (tertiary/aromatic N) is 2. The normalized spacial score (nSPS) is 26.7. The van der Waals surface area contributed by atoms with E-state index >= 15 is 0 Å². The number of ether oxygens (including phenoxy) is 2. The zero-order chi connectivity index (χ0) is 20.6. The third-order valence-corrected chi connectivity index (χ3v) is 6.30. The summed E-state index contributed by atoms with van der Waals surface area (Å²) < 4.78 is 11.4. The second-order valence-electron chi connectivity index (χ2n) is 7.37. The maximum Gasteiger partial charge on any atom is 0.277 e. The first-order valence-corrected chi connectivity index (χ1v) is 9.13. The molecule has 2 unspecified atom stereocenters. The van der Waals surface area contributed by atoms with Crippen LogP contribution in [0.25, 0.3) is 0 Å². The summed E-state index contributed by atoms with van der Waals surface area (Å²) >= 11 is 0. The summed E-state index contributed by atoms with van der Waals surface area (Å²) in [5.74, 6) is -0.268. The predicted molar refractivity (Wildman–Crippen MR) is 105 cm³/mol. The van der Waals surface area contributed by atoms with Gasteiger partial charge in [-0.3, -0.25) is 14.4 Å². The first kappa shape index (κ1) is 17.5. The number of para-hydroxylation sites is 1. The Labute approximate surface area is 167 Å². The van der Waals surface area contributed by atoms with E-state index in [1.165, 1.54) is 23.2 Å². The smallest absolute Gasteiger partial charge is 0.277 e. The Balaban J connectivity index is 1.92. The molecule has 146 valence electrons. The number of carbonyl (C=O) groups excluding carboxylic acids is 3. The van der Waals surface area contributed by atoms with Crippen LogP contribution in [0.4, 0.5) is 11.4 Å². The number of carbonyl (C=O) groups is 3. The third-order valence-electron chi connectivity index (χ3n) is 6.30. The summed E-state index contributed by atoms with van der Waals surface area (Å²) in [5, 5.41) is 0. The number of fused-ring (bicyclic) bond motifs is 5. The van der Waals surface area contributed by atoms with Gasteiger partial charge in [-0.1, -0.05) is 18.2 Å². The summed E-state index contributed by atoms with van der Waals surface area (Å²) in [4.78, 5) is 42.6. The highest BCUT2D eigenvalue weighted by molar-refractivity contribution is 6.22. The molecule has 2 amide bonds. The predicted octanol–water partition coefficient (Wildman–Crippen LogP) is 1.89. The number of rotatable bonds is 2. The number of amides is 2. The van der Waals surface area contributed by atoms with Gasteiger partial charge in [-0.15, -0.1) is 0 Å². The lowest BCUT2D eigenvalue weighted by atomic mass is 9.62. The van der Waals surface area contributed by atoms with E-state index in [1.807, 2.05) is 6.07 Å². The molecule has 5 rings (SSSR count). The van der Waals surface area contributed by atoms with E-state index in [1.54, 1.807) is 50.5 Å². The quantitative estimate of drug-likeness (QED) is 0.732. The van der Waals surface area contributed by atoms with Gasteiger partial charge in [0.1, 0.15) is 5.75 Å². The van der Waals surface area contributed by atoms with Crippen molar-refractivity contribution in [3.05, 3.63) is 65.4 Å². The average Bonchev–Trinajstić information content (AvgIpc) is 3.30. The molecule has 3 heterocycles. The van der Waals surface area contributed by atoms with Crippen molar-refractivity contribution in [2.24, 2.45) is 0 Å². The van der Waals surface area contributed by atoms with Crippen LogP contribution in [0.2, 0.25) is 0 Å². The molecule has 0 aliphatic carbocycles. The second-order valence-corrected chi connectivity index (χ2v) is 7.37. The number of hydrogen-bond acceptors (Lipinski definition) is 5. The molecule has 0 fully saturated rings. The fourth-order valence-electron chi connectivity index (χ4n) is 4.98. The van der Waals surface area contributed by atoms with Crippen LogP contribution < -0.4 is 14.5 Å². The van der Waals surface area contributed by atoms with Gasteiger partial charge in [-0.2, -0.15) is 0 Å². The van der Waals surface area contributed by atoms with Crippen LogP contribution >= 0.6 is 0 Å². The van der Waals surface area contributed by atoms with Crippen molar-refractivity contribution in [2.75, 3.05) is 31.0 Å². The summed E-state index contributed by atoms with van der Waals surface area (Å²) in [6.45, 7) is 0. The van der Waals surface area contributed by atoms with E-state index in [-0.39, 0.29) is 11.5 Å². The minimum absolute atomic E-state index is 0.122. The lowest BCUT2D eigenvalue weighted by Gasteiger charge is -2.37. The maximum absolute atomic E-state index is 13.8. The van der Waals surface area contributed by atoms with Crippen molar-refractivity contribution < 1.29 is 23.9 Å². The van der Waals surface area contributed by atoms with Crippen LogP contribution in [-0.4, -0.2) is 39.3 Å². The van der Waals surface area contributed by atoms with Gasteiger partial charge < -0.3 is 19.3 Å². The molecule has 2 spiro atoms. The maximum atomic E-state index is 13.8. The van der Waals surface area contributed by atoms with Gasteiger partial charge in [0.05, 0.1) is 24.6 Å². The Morgan fingerprint density at radius 2 is 1.66 bits per heavy atom. The van der Waals surface area contributed by atoms with E-state index < -0.39 is 16.9 Å². The van der Waals surface area contributed by atoms with Gasteiger partial charge in [0.2, 0.25) is 11.5 Å². The van der Waals surface area contributed by atoms with E-state index in [4.69, 9.17) is 9.47 Å². The highest BCUT2D eigenvalue weighted by Crippen LogP contribution is 2.64. The topological polar surface area (TPSA) is 76.1 Å². The fraction of sp³-hybridized carbons (Fsp3) is 0.227. The third kappa shape index (κ3) is 1.68. The molecule has 0 saturated heterocycles. The minimum Gasteiger partial charge on any atom is -0.497 e. The second kappa shape index (κ2) is 5.47. The average molecular weight is 390 g/mol. The molecular weight excluding hydrogens is 372 g/mol. The molecule has 29 heavy (non-hydrogen) atoms. The first-order valence-electron chi connectivity index (χ1n) is 9.13. The molecule has 2 atom stereocenters. The summed E-state index contributed by atoms with van der Waals surface area (Å²) in [5.41, 5.74) is -0.894. The van der Waals surface area contributed by atoms with Crippen molar-refractivity contribution in [3.8, 4) is 5.75 Å². The Morgan fingerprint density at radius 3 is 2.38 bits per heavy atom. The van der Waals surface area contributed by atoms with Crippen molar-refractivity contribution in [2.45, 2.75) is 11.0 Å². The number of hydrogen-bond donors (Lipinski definition) is 0. The van der Waals surface area contributed by atoms with Gasteiger partial charge in [0, 0.05) is 30.9 Å². The van der Waals surface area contributed by atoms with Gasteiger partial charge in [0.15, 0.2) is 11.7 Å². The van der Waals surface area contributed by atoms with Crippen LogP contribution in [0.1, 0.15) is 11.1 Å². The van der Waals surface area contributed by atoms with Gasteiger partial charge in [-0.05, 0) is 24.3 Å². The molecule has 7 heteroatoms.